The first-order chi connectivity index (χ1) is 9.52. The molecule has 0 aliphatic heterocycles. The smallest absolute Gasteiger partial charge is 0.323 e. The largest absolute Gasteiger partial charge is 0.465 e. The maximum atomic E-state index is 12.0. The van der Waals surface area contributed by atoms with E-state index in [-0.39, 0.29) is 19.6 Å². The van der Waals surface area contributed by atoms with E-state index in [2.05, 4.69) is 0 Å². The molecule has 0 amide bonds. The van der Waals surface area contributed by atoms with Gasteiger partial charge in [0.1, 0.15) is 0 Å². The zero-order chi connectivity index (χ0) is 15.4. The van der Waals surface area contributed by atoms with E-state index in [1.807, 2.05) is 6.92 Å². The van der Waals surface area contributed by atoms with Gasteiger partial charge in [-0.15, -0.1) is 0 Å². The Balaban J connectivity index is 4.61. The highest BCUT2D eigenvalue weighted by Crippen LogP contribution is 2.26. The number of hydrogen-bond donors (Lipinski definition) is 0. The summed E-state index contributed by atoms with van der Waals surface area (Å²) in [7, 11) is 0. The maximum Gasteiger partial charge on any atom is 0.323 e. The van der Waals surface area contributed by atoms with Crippen molar-refractivity contribution < 1.29 is 23.8 Å². The van der Waals surface area contributed by atoms with E-state index < -0.39 is 17.4 Å². The molecule has 5 nitrogen and oxygen atoms in total. The fourth-order valence-corrected chi connectivity index (χ4v) is 1.51. The van der Waals surface area contributed by atoms with Gasteiger partial charge in [-0.1, -0.05) is 19.1 Å². The number of carbonyl (C=O) groups is 2. The summed E-state index contributed by atoms with van der Waals surface area (Å²) in [6.45, 7) is 8.61. The van der Waals surface area contributed by atoms with Crippen LogP contribution in [0.25, 0.3) is 0 Å². The van der Waals surface area contributed by atoms with Crippen LogP contribution in [0.2, 0.25) is 0 Å². The molecule has 0 fully saturated rings. The highest BCUT2D eigenvalue weighted by molar-refractivity contribution is 5.99. The van der Waals surface area contributed by atoms with Gasteiger partial charge in [-0.2, -0.15) is 0 Å². The van der Waals surface area contributed by atoms with Crippen LogP contribution in [0.5, 0.6) is 0 Å². The predicted octanol–water partition coefficient (Wildman–Crippen LogP) is 2.49. The van der Waals surface area contributed by atoms with Crippen LogP contribution < -0.4 is 0 Å². The first-order valence-corrected chi connectivity index (χ1v) is 7.10. The van der Waals surface area contributed by atoms with Crippen LogP contribution in [-0.2, 0) is 23.8 Å². The second kappa shape index (κ2) is 10.4. The molecule has 0 bridgehead atoms. The molecule has 116 valence electrons. The molecule has 0 radical (unpaired) electrons. The van der Waals surface area contributed by atoms with Crippen LogP contribution in [0.15, 0.2) is 12.2 Å². The van der Waals surface area contributed by atoms with Gasteiger partial charge >= 0.3 is 11.9 Å². The normalized spacial score (nSPS) is 11.6. The SMILES string of the molecule is CCCOC/C=C/CC(C)(C(=O)OCC)C(=O)OCC. The molecule has 0 aromatic heterocycles. The lowest BCUT2D eigenvalue weighted by molar-refractivity contribution is -0.170. The topological polar surface area (TPSA) is 61.8 Å². The Bertz CT molecular complexity index is 304. The van der Waals surface area contributed by atoms with Crippen molar-refractivity contribution in [3.63, 3.8) is 0 Å². The molecule has 0 aliphatic rings. The predicted molar refractivity (Wildman–Crippen MR) is 76.2 cm³/mol. The molecule has 0 spiro atoms. The third-order valence-electron chi connectivity index (χ3n) is 2.71. The highest BCUT2D eigenvalue weighted by atomic mass is 16.6. The quantitative estimate of drug-likeness (QED) is 0.267. The third kappa shape index (κ3) is 6.19. The lowest BCUT2D eigenvalue weighted by atomic mass is 9.86. The van der Waals surface area contributed by atoms with E-state index in [9.17, 15) is 9.59 Å². The van der Waals surface area contributed by atoms with Crippen LogP contribution in [0.4, 0.5) is 0 Å². The molecule has 0 aliphatic carbocycles. The minimum Gasteiger partial charge on any atom is -0.465 e. The highest BCUT2D eigenvalue weighted by Gasteiger charge is 2.43. The molecule has 0 N–H and O–H groups in total. The molecule has 0 saturated heterocycles. The lowest BCUT2D eigenvalue weighted by Gasteiger charge is -2.23. The fourth-order valence-electron chi connectivity index (χ4n) is 1.51. The average molecular weight is 286 g/mol. The van der Waals surface area contributed by atoms with Gasteiger partial charge in [-0.25, -0.2) is 0 Å². The van der Waals surface area contributed by atoms with E-state index in [0.717, 1.165) is 6.42 Å². The Morgan fingerprint density at radius 1 is 1.00 bits per heavy atom. The van der Waals surface area contributed by atoms with E-state index in [4.69, 9.17) is 14.2 Å². The van der Waals surface area contributed by atoms with Crippen molar-refractivity contribution in [2.75, 3.05) is 26.4 Å². The fraction of sp³-hybridized carbons (Fsp3) is 0.733. The van der Waals surface area contributed by atoms with Crippen molar-refractivity contribution in [1.82, 2.24) is 0 Å². The minimum absolute atomic E-state index is 0.233. The van der Waals surface area contributed by atoms with Gasteiger partial charge in [0.05, 0.1) is 19.8 Å². The summed E-state index contributed by atoms with van der Waals surface area (Å²) in [4.78, 5) is 23.9. The Morgan fingerprint density at radius 3 is 2.00 bits per heavy atom. The second-order valence-electron chi connectivity index (χ2n) is 4.52. The van der Waals surface area contributed by atoms with Crippen molar-refractivity contribution in [3.8, 4) is 0 Å². The van der Waals surface area contributed by atoms with Crippen molar-refractivity contribution >= 4 is 11.9 Å². The summed E-state index contributed by atoms with van der Waals surface area (Å²) in [6, 6.07) is 0. The molecular formula is C15H26O5. The number of ether oxygens (including phenoxy) is 3. The van der Waals surface area contributed by atoms with Crippen molar-refractivity contribution in [2.24, 2.45) is 5.41 Å². The zero-order valence-electron chi connectivity index (χ0n) is 12.9. The summed E-state index contributed by atoms with van der Waals surface area (Å²) >= 11 is 0. The maximum absolute atomic E-state index is 12.0. The number of esters is 2. The lowest BCUT2D eigenvalue weighted by Crippen LogP contribution is -2.39. The summed E-state index contributed by atoms with van der Waals surface area (Å²) in [6.07, 6.45) is 4.74. The standard InChI is InChI=1S/C15H26O5/c1-5-11-18-12-9-8-10-15(4,13(16)19-6-2)14(17)20-7-3/h8-9H,5-7,10-12H2,1-4H3/b9-8+. The molecule has 0 heterocycles. The van der Waals surface area contributed by atoms with Crippen LogP contribution >= 0.6 is 0 Å². The Kier molecular flexibility index (Phi) is 9.72. The summed E-state index contributed by atoms with van der Waals surface area (Å²) in [5.74, 6) is -1.12. The Morgan fingerprint density at radius 2 is 1.55 bits per heavy atom. The third-order valence-corrected chi connectivity index (χ3v) is 2.71. The molecule has 20 heavy (non-hydrogen) atoms. The van der Waals surface area contributed by atoms with Gasteiger partial charge in [-0.05, 0) is 33.6 Å². The number of allylic oxidation sites excluding steroid dienone is 1. The van der Waals surface area contributed by atoms with Crippen LogP contribution in [0.1, 0.15) is 40.5 Å². The average Bonchev–Trinajstić information content (AvgIpc) is 2.42. The first kappa shape index (κ1) is 18.6. The van der Waals surface area contributed by atoms with Gasteiger partial charge < -0.3 is 14.2 Å². The van der Waals surface area contributed by atoms with E-state index in [1.165, 1.54) is 0 Å². The second-order valence-corrected chi connectivity index (χ2v) is 4.52. The number of hydrogen-bond acceptors (Lipinski definition) is 5. The summed E-state index contributed by atoms with van der Waals surface area (Å²) in [5, 5.41) is 0. The molecule has 0 rings (SSSR count). The number of rotatable bonds is 10. The first-order valence-electron chi connectivity index (χ1n) is 7.10. The van der Waals surface area contributed by atoms with Gasteiger partial charge in [0.25, 0.3) is 0 Å². The van der Waals surface area contributed by atoms with E-state index in [0.29, 0.717) is 13.2 Å². The minimum atomic E-state index is -1.30. The summed E-state index contributed by atoms with van der Waals surface area (Å²) in [5.41, 5.74) is -1.30. The molecule has 0 saturated carbocycles. The van der Waals surface area contributed by atoms with Gasteiger partial charge in [0, 0.05) is 6.61 Å². The van der Waals surface area contributed by atoms with Crippen LogP contribution in [-0.4, -0.2) is 38.4 Å². The molecule has 0 aromatic rings. The Labute approximate surface area is 121 Å². The zero-order valence-corrected chi connectivity index (χ0v) is 12.9. The monoisotopic (exact) mass is 286 g/mol. The van der Waals surface area contributed by atoms with Crippen molar-refractivity contribution in [2.45, 2.75) is 40.5 Å². The molecule has 0 unspecified atom stereocenters. The van der Waals surface area contributed by atoms with E-state index in [1.54, 1.807) is 32.9 Å². The van der Waals surface area contributed by atoms with Gasteiger partial charge in [0.2, 0.25) is 0 Å². The summed E-state index contributed by atoms with van der Waals surface area (Å²) < 4.78 is 15.2. The van der Waals surface area contributed by atoms with Crippen molar-refractivity contribution in [1.29, 1.82) is 0 Å². The van der Waals surface area contributed by atoms with Crippen LogP contribution in [0, 0.1) is 5.41 Å². The molecular weight excluding hydrogens is 260 g/mol. The van der Waals surface area contributed by atoms with Crippen molar-refractivity contribution in [3.05, 3.63) is 12.2 Å². The molecule has 0 atom stereocenters. The Hall–Kier alpha value is -1.36. The van der Waals surface area contributed by atoms with Crippen LogP contribution in [0.3, 0.4) is 0 Å². The van der Waals surface area contributed by atoms with Gasteiger partial charge in [-0.3, -0.25) is 9.59 Å². The molecule has 5 heteroatoms. The number of carbonyl (C=O) groups excluding carboxylic acids is 2. The molecule has 0 aromatic carbocycles. The van der Waals surface area contributed by atoms with Gasteiger partial charge in [0.15, 0.2) is 5.41 Å². The van der Waals surface area contributed by atoms with E-state index >= 15 is 0 Å².